The molecule has 0 aliphatic heterocycles. The smallest absolute Gasteiger partial charge is 0.126 e. The van der Waals surface area contributed by atoms with Crippen molar-refractivity contribution < 1.29 is 0 Å². The van der Waals surface area contributed by atoms with Crippen LogP contribution in [0, 0.1) is 6.92 Å². The number of hydrogen-bond acceptors (Lipinski definition) is 6. The van der Waals surface area contributed by atoms with Gasteiger partial charge in [0.2, 0.25) is 0 Å². The molecule has 42 heavy (non-hydrogen) atoms. The minimum atomic E-state index is 0.347. The van der Waals surface area contributed by atoms with Crippen LogP contribution in [0.5, 0.6) is 0 Å². The van der Waals surface area contributed by atoms with Gasteiger partial charge in [-0.05, 0) is 84.8 Å². The molecule has 0 saturated heterocycles. The molecule has 6 aromatic rings. The van der Waals surface area contributed by atoms with Crippen molar-refractivity contribution in [1.29, 1.82) is 0 Å². The molecule has 1 aliphatic carbocycles. The first-order chi connectivity index (χ1) is 20.6. The van der Waals surface area contributed by atoms with Crippen LogP contribution in [0.2, 0.25) is 0 Å². The van der Waals surface area contributed by atoms with Gasteiger partial charge in [-0.2, -0.15) is 0 Å². The van der Waals surface area contributed by atoms with Crippen LogP contribution < -0.4 is 0 Å². The fraction of sp³-hybridized carbons (Fsp3) is 0.167. The van der Waals surface area contributed by atoms with E-state index in [4.69, 9.17) is 9.97 Å². The van der Waals surface area contributed by atoms with Crippen molar-refractivity contribution in [3.8, 4) is 43.4 Å². The van der Waals surface area contributed by atoms with E-state index in [9.17, 15) is 0 Å². The van der Waals surface area contributed by atoms with Gasteiger partial charge in [0.15, 0.2) is 0 Å². The zero-order valence-corrected chi connectivity index (χ0v) is 25.3. The second-order valence-electron chi connectivity index (χ2n) is 10.8. The van der Waals surface area contributed by atoms with Crippen LogP contribution >= 0.6 is 22.7 Å². The maximum atomic E-state index is 5.00. The zero-order valence-electron chi connectivity index (χ0n) is 23.7. The van der Waals surface area contributed by atoms with E-state index < -0.39 is 0 Å². The van der Waals surface area contributed by atoms with Gasteiger partial charge in [0.05, 0.1) is 20.8 Å². The molecule has 1 atom stereocenters. The molecule has 7 rings (SSSR count). The zero-order chi connectivity index (χ0) is 28.6. The summed E-state index contributed by atoms with van der Waals surface area (Å²) < 4.78 is 1.18. The van der Waals surface area contributed by atoms with Gasteiger partial charge < -0.3 is 0 Å². The molecule has 0 N–H and O–H groups in total. The maximum absolute atomic E-state index is 5.00. The molecule has 206 valence electrons. The van der Waals surface area contributed by atoms with Crippen molar-refractivity contribution in [1.82, 2.24) is 19.9 Å². The van der Waals surface area contributed by atoms with Crippen LogP contribution in [-0.2, 0) is 6.42 Å². The second-order valence-corrected chi connectivity index (χ2v) is 12.8. The Morgan fingerprint density at radius 2 is 1.48 bits per heavy atom. The predicted molar refractivity (Wildman–Crippen MR) is 178 cm³/mol. The summed E-state index contributed by atoms with van der Waals surface area (Å²) in [5, 5.41) is 2.01. The van der Waals surface area contributed by atoms with Crippen molar-refractivity contribution in [2.45, 2.75) is 39.0 Å². The Hall–Kier alpha value is -4.26. The highest BCUT2D eigenvalue weighted by Crippen LogP contribution is 2.37. The lowest BCUT2D eigenvalue weighted by atomic mass is 9.96. The van der Waals surface area contributed by atoms with E-state index in [0.717, 1.165) is 68.2 Å². The summed E-state index contributed by atoms with van der Waals surface area (Å²) in [6.45, 7) is 8.34. The largest absolute Gasteiger partial charge is 0.263 e. The molecule has 4 heterocycles. The maximum Gasteiger partial charge on any atom is 0.126 e. The number of aryl methyl sites for hydroxylation is 2. The minimum absolute atomic E-state index is 0.347. The average Bonchev–Trinajstić information content (AvgIpc) is 3.66. The molecule has 1 aliphatic rings. The number of aromatic nitrogens is 4. The van der Waals surface area contributed by atoms with Crippen LogP contribution in [0.3, 0.4) is 0 Å². The molecule has 0 fully saturated rings. The number of thiazole rings is 2. The van der Waals surface area contributed by atoms with Crippen LogP contribution in [0.15, 0.2) is 92.0 Å². The first kappa shape index (κ1) is 26.6. The number of fused-ring (bicyclic) bond motifs is 2. The average molecular weight is 583 g/mol. The number of hydrogen-bond donors (Lipinski definition) is 0. The highest BCUT2D eigenvalue weighted by atomic mass is 32.1. The highest BCUT2D eigenvalue weighted by Gasteiger charge is 2.15. The molecule has 4 aromatic heterocycles. The summed E-state index contributed by atoms with van der Waals surface area (Å²) in [7, 11) is 0. The Bertz CT molecular complexity index is 1980. The Morgan fingerprint density at radius 3 is 2.14 bits per heavy atom. The summed E-state index contributed by atoms with van der Waals surface area (Å²) in [4.78, 5) is 20.4. The predicted octanol–water partition coefficient (Wildman–Crippen LogP) is 10.2. The molecule has 0 unspecified atom stereocenters. The van der Waals surface area contributed by atoms with Gasteiger partial charge in [0, 0.05) is 53.0 Å². The normalized spacial score (nSPS) is 13.3. The molecular formula is C36H30N4S2. The van der Waals surface area contributed by atoms with E-state index >= 15 is 0 Å². The molecule has 6 heteroatoms. The van der Waals surface area contributed by atoms with Crippen molar-refractivity contribution >= 4 is 39.0 Å². The lowest BCUT2D eigenvalue weighted by Gasteiger charge is -2.10. The lowest BCUT2D eigenvalue weighted by molar-refractivity contribution is 0.808. The Kier molecular flexibility index (Phi) is 7.10. The topological polar surface area (TPSA) is 51.6 Å². The van der Waals surface area contributed by atoms with Crippen LogP contribution in [0.4, 0.5) is 0 Å². The van der Waals surface area contributed by atoms with E-state index in [1.54, 1.807) is 22.7 Å². The third-order valence-corrected chi connectivity index (χ3v) is 10.0. The highest BCUT2D eigenvalue weighted by molar-refractivity contribution is 7.21. The Labute approximate surface area is 254 Å². The first-order valence-corrected chi connectivity index (χ1v) is 15.9. The lowest BCUT2D eigenvalue weighted by Crippen LogP contribution is -1.92. The SMILES string of the molecule is C=C[C@H](CC)c1ccc2sc(-c3cncc(-c4cc(C)cc(-c5cncc(-c6nc7c(s6)C=CCC7)c5)c4)c3)nc2c1. The summed E-state index contributed by atoms with van der Waals surface area (Å²) in [6, 6.07) is 17.7. The first-order valence-electron chi connectivity index (χ1n) is 14.3. The Balaban J connectivity index is 1.22. The van der Waals surface area contributed by atoms with Gasteiger partial charge in [0.25, 0.3) is 0 Å². The molecule has 0 radical (unpaired) electrons. The van der Waals surface area contributed by atoms with Gasteiger partial charge in [-0.25, -0.2) is 9.97 Å². The molecule has 2 aromatic carbocycles. The number of rotatable bonds is 7. The van der Waals surface area contributed by atoms with Crippen molar-refractivity contribution in [3.05, 3.63) is 114 Å². The third kappa shape index (κ3) is 5.13. The summed E-state index contributed by atoms with van der Waals surface area (Å²) in [6.07, 6.45) is 17.3. The second kappa shape index (κ2) is 11.2. The standard InChI is InChI=1S/C36H30N4S2/c1-4-23(5-2)24-10-11-34-32(17-24)40-36(42-34)30-16-28(19-38-21-30)26-13-22(3)12-25(14-26)27-15-29(20-37-18-27)35-39-31-8-6-7-9-33(31)41-35/h4,7,9-21,23H,1,5-6,8H2,2-3H3/t23-/m1/s1. The fourth-order valence-electron chi connectivity index (χ4n) is 5.59. The van der Waals surface area contributed by atoms with E-state index in [2.05, 4.69) is 91.1 Å². The molecular weight excluding hydrogens is 553 g/mol. The number of benzene rings is 2. The minimum Gasteiger partial charge on any atom is -0.263 e. The van der Waals surface area contributed by atoms with Gasteiger partial charge in [-0.3, -0.25) is 9.97 Å². The quantitative estimate of drug-likeness (QED) is 0.176. The van der Waals surface area contributed by atoms with Crippen molar-refractivity contribution in [2.75, 3.05) is 0 Å². The summed E-state index contributed by atoms with van der Waals surface area (Å²) in [5.74, 6) is 0.347. The molecule has 0 amide bonds. The molecule has 0 spiro atoms. The van der Waals surface area contributed by atoms with Crippen molar-refractivity contribution in [2.24, 2.45) is 0 Å². The van der Waals surface area contributed by atoms with Crippen LogP contribution in [0.25, 0.3) is 59.7 Å². The van der Waals surface area contributed by atoms with E-state index in [1.165, 1.54) is 26.4 Å². The van der Waals surface area contributed by atoms with E-state index in [0.29, 0.717) is 5.92 Å². The fourth-order valence-corrected chi connectivity index (χ4v) is 7.54. The van der Waals surface area contributed by atoms with Gasteiger partial charge in [-0.1, -0.05) is 37.3 Å². The number of nitrogens with zero attached hydrogens (tertiary/aromatic N) is 4. The summed E-state index contributed by atoms with van der Waals surface area (Å²) in [5.41, 5.74) is 11.2. The van der Waals surface area contributed by atoms with Gasteiger partial charge in [0.1, 0.15) is 10.0 Å². The van der Waals surface area contributed by atoms with Gasteiger partial charge >= 0.3 is 0 Å². The number of pyridine rings is 2. The van der Waals surface area contributed by atoms with Crippen molar-refractivity contribution in [3.63, 3.8) is 0 Å². The van der Waals surface area contributed by atoms with Crippen LogP contribution in [-0.4, -0.2) is 19.9 Å². The monoisotopic (exact) mass is 582 g/mol. The van der Waals surface area contributed by atoms with Crippen LogP contribution in [0.1, 0.15) is 47.4 Å². The molecule has 0 bridgehead atoms. The van der Waals surface area contributed by atoms with E-state index in [1.807, 2.05) is 30.9 Å². The molecule has 4 nitrogen and oxygen atoms in total. The van der Waals surface area contributed by atoms with E-state index in [-0.39, 0.29) is 0 Å². The van der Waals surface area contributed by atoms with Gasteiger partial charge in [-0.15, -0.1) is 29.3 Å². The number of allylic oxidation sites excluding steroid dienone is 2. The Morgan fingerprint density at radius 1 is 0.810 bits per heavy atom. The third-order valence-electron chi connectivity index (χ3n) is 7.82. The summed E-state index contributed by atoms with van der Waals surface area (Å²) >= 11 is 3.45. The molecule has 0 saturated carbocycles.